The third-order valence-electron chi connectivity index (χ3n) is 0.431. The van der Waals surface area contributed by atoms with Crippen molar-refractivity contribution in [1.82, 2.24) is 0 Å². The summed E-state index contributed by atoms with van der Waals surface area (Å²) < 4.78 is 35.0. The van der Waals surface area contributed by atoms with Gasteiger partial charge in [-0.05, 0) is 5.16 Å². The summed E-state index contributed by atoms with van der Waals surface area (Å²) >= 11 is 0. The molecule has 0 fully saturated rings. The number of ether oxygens (including phenoxy) is 1. The molecule has 0 atom stereocenters. The minimum Gasteiger partial charge on any atom is -0.467 e. The Morgan fingerprint density at radius 2 is 2.20 bits per heavy atom. The lowest BCUT2D eigenvalue weighted by molar-refractivity contribution is 0.263. The highest BCUT2D eigenvalue weighted by Crippen LogP contribution is 1.85. The smallest absolute Gasteiger partial charge is 0.466 e. The summed E-state index contributed by atoms with van der Waals surface area (Å²) in [5.41, 5.74) is 4.81. The maximum absolute atomic E-state index is 9.77. The molecule has 0 heterocycles. The van der Waals surface area contributed by atoms with Crippen LogP contribution in [0.1, 0.15) is 0 Å². The van der Waals surface area contributed by atoms with E-state index in [1.165, 1.54) is 0 Å². The number of nitrogens with zero attached hydrogens (tertiary/aromatic N) is 1. The molecular formula is C2H6N2O5S. The maximum Gasteiger partial charge on any atom is 0.466 e. The first-order valence-corrected chi connectivity index (χ1v) is 3.35. The molecule has 0 aliphatic rings. The molecule has 3 N–H and O–H groups in total. The summed E-state index contributed by atoms with van der Waals surface area (Å²) in [4.78, 5) is 0. The molecule has 0 saturated heterocycles. The Morgan fingerprint density at radius 1 is 1.70 bits per heavy atom. The highest BCUT2D eigenvalue weighted by Gasteiger charge is 2.02. The summed E-state index contributed by atoms with van der Waals surface area (Å²) in [6, 6.07) is -0.502. The van der Waals surface area contributed by atoms with Gasteiger partial charge >= 0.3 is 16.4 Å². The summed E-state index contributed by atoms with van der Waals surface area (Å²) in [7, 11) is -3.42. The molecule has 0 aromatic rings. The number of hydrogen-bond acceptors (Lipinski definition) is 5. The molecule has 0 amide bonds. The minimum atomic E-state index is -4.58. The largest absolute Gasteiger partial charge is 0.467 e. The highest BCUT2D eigenvalue weighted by atomic mass is 32.3. The Hall–Kier alpha value is -1.02. The van der Waals surface area contributed by atoms with Crippen LogP contribution >= 0.6 is 0 Å². The van der Waals surface area contributed by atoms with Crippen molar-refractivity contribution in [3.05, 3.63) is 0 Å². The quantitative estimate of drug-likeness (QED) is 0.230. The fourth-order valence-corrected chi connectivity index (χ4v) is 0.289. The molecule has 0 rings (SSSR count). The van der Waals surface area contributed by atoms with Crippen LogP contribution in [0.2, 0.25) is 0 Å². The lowest BCUT2D eigenvalue weighted by atomic mass is 11.2. The van der Waals surface area contributed by atoms with Crippen molar-refractivity contribution < 1.29 is 22.0 Å². The second kappa shape index (κ2) is 3.22. The van der Waals surface area contributed by atoms with Gasteiger partial charge in [-0.2, -0.15) is 8.42 Å². The van der Waals surface area contributed by atoms with Crippen molar-refractivity contribution in [3.8, 4) is 0 Å². The monoisotopic (exact) mass is 170 g/mol. The van der Waals surface area contributed by atoms with Crippen LogP contribution in [-0.2, 0) is 19.4 Å². The summed E-state index contributed by atoms with van der Waals surface area (Å²) in [6.07, 6.45) is 0. The molecule has 0 saturated carbocycles. The van der Waals surface area contributed by atoms with Crippen LogP contribution in [0, 0.1) is 0 Å². The Kier molecular flexibility index (Phi) is 2.90. The molecule has 60 valence electrons. The van der Waals surface area contributed by atoms with E-state index in [0.717, 1.165) is 7.11 Å². The minimum absolute atomic E-state index is 0.502. The fourth-order valence-electron chi connectivity index (χ4n) is 0.121. The third-order valence-corrected chi connectivity index (χ3v) is 0.693. The van der Waals surface area contributed by atoms with Gasteiger partial charge in [0.2, 0.25) is 0 Å². The van der Waals surface area contributed by atoms with Crippen LogP contribution in [0.4, 0.5) is 0 Å². The molecule has 0 aliphatic heterocycles. The van der Waals surface area contributed by atoms with Crippen molar-refractivity contribution in [2.75, 3.05) is 7.11 Å². The lowest BCUT2D eigenvalue weighted by Gasteiger charge is -1.94. The van der Waals surface area contributed by atoms with Crippen molar-refractivity contribution >= 4 is 16.4 Å². The fraction of sp³-hybridized carbons (Fsp3) is 0.500. The van der Waals surface area contributed by atoms with Gasteiger partial charge in [0.05, 0.1) is 7.11 Å². The van der Waals surface area contributed by atoms with Crippen molar-refractivity contribution in [2.45, 2.75) is 0 Å². The van der Waals surface area contributed by atoms with E-state index >= 15 is 0 Å². The molecule has 0 radical (unpaired) electrons. The topological polar surface area (TPSA) is 111 Å². The van der Waals surface area contributed by atoms with Gasteiger partial charge in [-0.15, -0.1) is 0 Å². The van der Waals surface area contributed by atoms with E-state index in [1.807, 2.05) is 0 Å². The predicted octanol–water partition coefficient (Wildman–Crippen LogP) is -1.32. The third kappa shape index (κ3) is 5.12. The molecule has 0 spiro atoms. The first-order valence-electron chi connectivity index (χ1n) is 1.99. The average molecular weight is 170 g/mol. The van der Waals surface area contributed by atoms with E-state index in [2.05, 4.69) is 14.2 Å². The number of methoxy groups -OCH3 is 1. The van der Waals surface area contributed by atoms with E-state index in [-0.39, 0.29) is 0 Å². The molecule has 7 nitrogen and oxygen atoms in total. The second-order valence-electron chi connectivity index (χ2n) is 1.14. The number of hydrogen-bond donors (Lipinski definition) is 2. The van der Waals surface area contributed by atoms with Crippen LogP contribution < -0.4 is 5.73 Å². The standard InChI is InChI=1S/C2H6N2O5S/c1-8-2(3)4-9-10(5,6)7/h1H3,(H2,3,4)(H,5,6,7). The predicted molar refractivity (Wildman–Crippen MR) is 31.3 cm³/mol. The molecule has 10 heavy (non-hydrogen) atoms. The van der Waals surface area contributed by atoms with E-state index in [1.54, 1.807) is 0 Å². The Morgan fingerprint density at radius 3 is 2.50 bits per heavy atom. The summed E-state index contributed by atoms with van der Waals surface area (Å²) in [5, 5.41) is 2.65. The summed E-state index contributed by atoms with van der Waals surface area (Å²) in [5.74, 6) is 0. The second-order valence-corrected chi connectivity index (χ2v) is 2.14. The SMILES string of the molecule is CO/C(N)=N/OS(=O)(=O)O. The zero-order valence-corrected chi connectivity index (χ0v) is 5.83. The van der Waals surface area contributed by atoms with E-state index < -0.39 is 16.4 Å². The Bertz CT molecular complexity index is 218. The normalized spacial score (nSPS) is 12.8. The van der Waals surface area contributed by atoms with Crippen LogP contribution in [0.15, 0.2) is 5.16 Å². The van der Waals surface area contributed by atoms with Crippen LogP contribution in [-0.4, -0.2) is 26.1 Å². The molecule has 0 aromatic carbocycles. The molecule has 8 heteroatoms. The first-order chi connectivity index (χ1) is 4.45. The Balaban J connectivity index is 3.98. The van der Waals surface area contributed by atoms with Crippen molar-refractivity contribution in [1.29, 1.82) is 0 Å². The molecule has 0 unspecified atom stereocenters. The zero-order chi connectivity index (χ0) is 8.20. The number of oxime groups is 1. The van der Waals surface area contributed by atoms with Gasteiger partial charge in [-0.3, -0.25) is 4.55 Å². The highest BCUT2D eigenvalue weighted by molar-refractivity contribution is 7.80. The number of rotatable bonds is 2. The molecule has 0 bridgehead atoms. The first kappa shape index (κ1) is 8.98. The van der Waals surface area contributed by atoms with E-state index in [9.17, 15) is 8.42 Å². The Labute approximate surface area is 57.4 Å². The number of amidine groups is 1. The van der Waals surface area contributed by atoms with Crippen molar-refractivity contribution in [2.24, 2.45) is 10.9 Å². The van der Waals surface area contributed by atoms with Crippen LogP contribution in [0.5, 0.6) is 0 Å². The maximum atomic E-state index is 9.77. The van der Waals surface area contributed by atoms with Crippen LogP contribution in [0.25, 0.3) is 0 Å². The molecule has 0 aliphatic carbocycles. The van der Waals surface area contributed by atoms with Crippen LogP contribution in [0.3, 0.4) is 0 Å². The average Bonchev–Trinajstić information content (AvgIpc) is 1.81. The van der Waals surface area contributed by atoms with E-state index in [4.69, 9.17) is 10.3 Å². The lowest BCUT2D eigenvalue weighted by Crippen LogP contribution is -2.15. The van der Waals surface area contributed by atoms with Crippen molar-refractivity contribution in [3.63, 3.8) is 0 Å². The molecular weight excluding hydrogens is 164 g/mol. The van der Waals surface area contributed by atoms with Gasteiger partial charge in [-0.25, -0.2) is 4.28 Å². The molecule has 0 aromatic heterocycles. The van der Waals surface area contributed by atoms with Gasteiger partial charge in [0.25, 0.3) is 0 Å². The van der Waals surface area contributed by atoms with Gasteiger partial charge < -0.3 is 10.5 Å². The van der Waals surface area contributed by atoms with Gasteiger partial charge in [-0.1, -0.05) is 0 Å². The van der Waals surface area contributed by atoms with Gasteiger partial charge in [0, 0.05) is 0 Å². The van der Waals surface area contributed by atoms with Gasteiger partial charge in [0.15, 0.2) is 0 Å². The summed E-state index contributed by atoms with van der Waals surface area (Å²) in [6.45, 7) is 0. The number of nitrogens with two attached hydrogens (primary N) is 1. The van der Waals surface area contributed by atoms with E-state index in [0.29, 0.717) is 0 Å². The zero-order valence-electron chi connectivity index (χ0n) is 5.01. The van der Waals surface area contributed by atoms with Gasteiger partial charge in [0.1, 0.15) is 0 Å².